The number of guanidine groups is 1. The molecular weight excluding hydrogens is 431 g/mol. The molecule has 116 valence electrons. The van der Waals surface area contributed by atoms with E-state index in [1.807, 2.05) is 48.5 Å². The van der Waals surface area contributed by atoms with Crippen molar-refractivity contribution in [1.29, 1.82) is 0 Å². The highest BCUT2D eigenvalue weighted by atomic mass is 79.9. The summed E-state index contributed by atoms with van der Waals surface area (Å²) in [5.74, 6) is 0.265. The number of halogens is 3. The van der Waals surface area contributed by atoms with Crippen LogP contribution >= 0.6 is 44.3 Å². The lowest BCUT2D eigenvalue weighted by atomic mass is 10.0. The molecule has 3 N–H and O–H groups in total. The summed E-state index contributed by atoms with van der Waals surface area (Å²) >= 11 is 6.87. The van der Waals surface area contributed by atoms with Gasteiger partial charge in [-0.15, -0.1) is 12.4 Å². The molecule has 0 amide bonds. The average Bonchev–Trinajstić information content (AvgIpc) is 2.50. The first kappa shape index (κ1) is 18.7. The minimum absolute atomic E-state index is 0. The van der Waals surface area contributed by atoms with Gasteiger partial charge in [0.05, 0.1) is 5.71 Å². The van der Waals surface area contributed by atoms with Crippen molar-refractivity contribution in [3.8, 4) is 0 Å². The van der Waals surface area contributed by atoms with E-state index in [1.54, 1.807) is 7.05 Å². The number of hydrogen-bond donors (Lipinski definition) is 2. The second-order valence-electron chi connectivity index (χ2n) is 4.19. The van der Waals surface area contributed by atoms with E-state index >= 15 is 0 Å². The number of hydrazone groups is 1. The van der Waals surface area contributed by atoms with Crippen molar-refractivity contribution < 1.29 is 0 Å². The third-order valence-electron chi connectivity index (χ3n) is 2.76. The number of aliphatic imine (C=N–C) groups is 1. The highest BCUT2D eigenvalue weighted by Gasteiger charge is 2.07. The monoisotopic (exact) mass is 444 g/mol. The van der Waals surface area contributed by atoms with Gasteiger partial charge in [0, 0.05) is 27.1 Å². The van der Waals surface area contributed by atoms with Gasteiger partial charge < -0.3 is 5.73 Å². The Hall–Kier alpha value is -1.37. The smallest absolute Gasteiger partial charge is 0.209 e. The summed E-state index contributed by atoms with van der Waals surface area (Å²) in [7, 11) is 1.61. The lowest BCUT2D eigenvalue weighted by Gasteiger charge is -2.08. The van der Waals surface area contributed by atoms with Crippen LogP contribution in [0.3, 0.4) is 0 Å². The Morgan fingerprint density at radius 3 is 1.68 bits per heavy atom. The maximum atomic E-state index is 5.64. The zero-order valence-electron chi connectivity index (χ0n) is 11.8. The SMILES string of the molecule is CN=C(N)NN=C(c1ccc(Br)cc1)c1ccc(Br)cc1.Cl. The summed E-state index contributed by atoms with van der Waals surface area (Å²) in [6, 6.07) is 15.9. The largest absolute Gasteiger partial charge is 0.369 e. The van der Waals surface area contributed by atoms with Crippen LogP contribution in [-0.2, 0) is 0 Å². The maximum Gasteiger partial charge on any atom is 0.209 e. The molecular formula is C15H15Br2ClN4. The van der Waals surface area contributed by atoms with Crippen molar-refractivity contribution in [2.45, 2.75) is 0 Å². The number of hydrogen-bond acceptors (Lipinski definition) is 2. The average molecular weight is 447 g/mol. The van der Waals surface area contributed by atoms with Crippen molar-refractivity contribution in [1.82, 2.24) is 5.43 Å². The minimum atomic E-state index is 0. The van der Waals surface area contributed by atoms with Crippen LogP contribution in [0.4, 0.5) is 0 Å². The third-order valence-corrected chi connectivity index (χ3v) is 3.82. The van der Waals surface area contributed by atoms with Crippen molar-refractivity contribution in [3.63, 3.8) is 0 Å². The number of nitrogens with zero attached hydrogens (tertiary/aromatic N) is 2. The van der Waals surface area contributed by atoms with Gasteiger partial charge >= 0.3 is 0 Å². The number of rotatable bonds is 3. The van der Waals surface area contributed by atoms with Gasteiger partial charge in [0.2, 0.25) is 5.96 Å². The molecule has 22 heavy (non-hydrogen) atoms. The number of nitrogens with one attached hydrogen (secondary N) is 1. The van der Waals surface area contributed by atoms with E-state index in [0.717, 1.165) is 25.8 Å². The van der Waals surface area contributed by atoms with E-state index in [9.17, 15) is 0 Å². The van der Waals surface area contributed by atoms with Crippen LogP contribution < -0.4 is 11.2 Å². The molecule has 2 rings (SSSR count). The number of benzene rings is 2. The molecule has 7 heteroatoms. The zero-order chi connectivity index (χ0) is 15.2. The van der Waals surface area contributed by atoms with Crippen molar-refractivity contribution in [2.75, 3.05) is 7.05 Å². The van der Waals surface area contributed by atoms with Gasteiger partial charge in [-0.05, 0) is 24.3 Å². The molecule has 0 radical (unpaired) electrons. The Morgan fingerprint density at radius 2 is 1.32 bits per heavy atom. The Bertz CT molecular complexity index is 619. The van der Waals surface area contributed by atoms with Crippen molar-refractivity contribution in [3.05, 3.63) is 68.6 Å². The molecule has 0 saturated carbocycles. The molecule has 0 atom stereocenters. The minimum Gasteiger partial charge on any atom is -0.369 e. The van der Waals surface area contributed by atoms with E-state index in [2.05, 4.69) is 47.4 Å². The van der Waals surface area contributed by atoms with Gasteiger partial charge in [-0.25, -0.2) is 5.43 Å². The normalized spacial score (nSPS) is 10.6. The van der Waals surface area contributed by atoms with Gasteiger partial charge in [0.15, 0.2) is 0 Å². The van der Waals surface area contributed by atoms with Crippen molar-refractivity contribution in [2.24, 2.45) is 15.8 Å². The predicted octanol–water partition coefficient (Wildman–Crippen LogP) is 3.92. The number of nitrogens with two attached hydrogens (primary N) is 1. The predicted molar refractivity (Wildman–Crippen MR) is 102 cm³/mol. The molecule has 0 fully saturated rings. The van der Waals surface area contributed by atoms with Gasteiger partial charge in [0.25, 0.3) is 0 Å². The topological polar surface area (TPSA) is 62.8 Å². The molecule has 0 aliphatic heterocycles. The Kier molecular flexibility index (Phi) is 7.58. The molecule has 2 aromatic rings. The van der Waals surface area contributed by atoms with Gasteiger partial charge in [0.1, 0.15) is 0 Å². The van der Waals surface area contributed by atoms with E-state index in [-0.39, 0.29) is 18.4 Å². The molecule has 0 aromatic heterocycles. The second kappa shape index (κ2) is 8.92. The van der Waals surface area contributed by atoms with Crippen LogP contribution in [0, 0.1) is 0 Å². The van der Waals surface area contributed by atoms with E-state index in [1.165, 1.54) is 0 Å². The molecule has 0 saturated heterocycles. The molecule has 0 aliphatic rings. The summed E-state index contributed by atoms with van der Waals surface area (Å²) in [6.07, 6.45) is 0. The summed E-state index contributed by atoms with van der Waals surface area (Å²) in [6.45, 7) is 0. The third kappa shape index (κ3) is 5.12. The zero-order valence-corrected chi connectivity index (χ0v) is 15.7. The molecule has 4 nitrogen and oxygen atoms in total. The van der Waals surface area contributed by atoms with Gasteiger partial charge in [-0.2, -0.15) is 5.10 Å². The van der Waals surface area contributed by atoms with Crippen LogP contribution in [0.1, 0.15) is 11.1 Å². The molecule has 0 spiro atoms. The van der Waals surface area contributed by atoms with Crippen LogP contribution in [0.2, 0.25) is 0 Å². The van der Waals surface area contributed by atoms with Gasteiger partial charge in [-0.1, -0.05) is 56.1 Å². The summed E-state index contributed by atoms with van der Waals surface area (Å²) in [5, 5.41) is 4.37. The van der Waals surface area contributed by atoms with Gasteiger partial charge in [-0.3, -0.25) is 4.99 Å². The van der Waals surface area contributed by atoms with Crippen LogP contribution in [-0.4, -0.2) is 18.7 Å². The first-order chi connectivity index (χ1) is 10.1. The summed E-state index contributed by atoms with van der Waals surface area (Å²) in [5.41, 5.74) is 11.2. The van der Waals surface area contributed by atoms with Crippen molar-refractivity contribution >= 4 is 55.9 Å². The quantitative estimate of drug-likeness (QED) is 0.427. The Morgan fingerprint density at radius 1 is 0.909 bits per heavy atom. The first-order valence-electron chi connectivity index (χ1n) is 6.18. The molecule has 0 aliphatic carbocycles. The lowest BCUT2D eigenvalue weighted by molar-refractivity contribution is 0.999. The molecule has 0 heterocycles. The fourth-order valence-corrected chi connectivity index (χ4v) is 2.20. The van der Waals surface area contributed by atoms with E-state index < -0.39 is 0 Å². The highest BCUT2D eigenvalue weighted by molar-refractivity contribution is 9.10. The molecule has 0 unspecified atom stereocenters. The summed E-state index contributed by atoms with van der Waals surface area (Å²) in [4.78, 5) is 3.84. The fourth-order valence-electron chi connectivity index (χ4n) is 1.67. The van der Waals surface area contributed by atoms with Crippen LogP contribution in [0.15, 0.2) is 67.6 Å². The van der Waals surface area contributed by atoms with E-state index in [4.69, 9.17) is 5.73 Å². The standard InChI is InChI=1S/C15H14Br2N4.ClH/c1-19-15(18)21-20-14(10-2-6-12(16)7-3-10)11-4-8-13(17)9-5-11;/h2-9H,1H3,(H3,18,19,21);1H. The second-order valence-corrected chi connectivity index (χ2v) is 6.03. The molecule has 0 bridgehead atoms. The Balaban J connectivity index is 0.00000242. The molecule has 2 aromatic carbocycles. The summed E-state index contributed by atoms with van der Waals surface area (Å²) < 4.78 is 2.04. The first-order valence-corrected chi connectivity index (χ1v) is 7.76. The van der Waals surface area contributed by atoms with E-state index in [0.29, 0.717) is 0 Å². The van der Waals surface area contributed by atoms with Crippen LogP contribution in [0.25, 0.3) is 0 Å². The highest BCUT2D eigenvalue weighted by Crippen LogP contribution is 2.17. The maximum absolute atomic E-state index is 5.64. The Labute approximate surface area is 152 Å². The lowest BCUT2D eigenvalue weighted by Crippen LogP contribution is -2.28. The van der Waals surface area contributed by atoms with Crippen LogP contribution in [0.5, 0.6) is 0 Å². The fraction of sp³-hybridized carbons (Fsp3) is 0.0667.